The molecule has 1 atom stereocenters. The highest BCUT2D eigenvalue weighted by Crippen LogP contribution is 2.32. The smallest absolute Gasteiger partial charge is 0.219 e. The molecule has 11 nitrogen and oxygen atoms in total. The number of anilines is 2. The van der Waals surface area contributed by atoms with E-state index < -0.39 is 5.82 Å². The molecule has 196 valence electrons. The fourth-order valence-corrected chi connectivity index (χ4v) is 4.61. The maximum Gasteiger partial charge on any atom is 0.219 e. The summed E-state index contributed by atoms with van der Waals surface area (Å²) in [5.41, 5.74) is 3.47. The molecule has 5 aromatic rings. The van der Waals surface area contributed by atoms with Gasteiger partial charge in [0, 0.05) is 37.8 Å². The van der Waals surface area contributed by atoms with Crippen molar-refractivity contribution in [1.29, 1.82) is 0 Å². The predicted molar refractivity (Wildman–Crippen MR) is 142 cm³/mol. The molecule has 1 N–H and O–H groups in total. The van der Waals surface area contributed by atoms with E-state index >= 15 is 4.39 Å². The molecule has 4 aromatic heterocycles. The average molecular weight is 526 g/mol. The highest BCUT2D eigenvalue weighted by atomic mass is 19.1. The van der Waals surface area contributed by atoms with E-state index in [9.17, 15) is 4.79 Å². The Morgan fingerprint density at radius 2 is 2.03 bits per heavy atom. The fraction of sp³-hybridized carbons (Fsp3) is 0.222. The van der Waals surface area contributed by atoms with Crippen LogP contribution in [0.1, 0.15) is 31.7 Å². The standard InChI is InChI=1S/C27H24FN9O2/c1-15-8-21(20(28)11-23(15)39-19-5-7-37-24(10-19)31-14-33-37)34-27-25-22(30-13-32-27)12-29-26(35-25)18-4-6-36(17(3)38)16(2)9-18/h4-5,7-8,10-14,16H,6,9H2,1-3H3,(H,30,32,34)/t16-/m0/s1. The van der Waals surface area contributed by atoms with Crippen LogP contribution in [0.2, 0.25) is 0 Å². The minimum absolute atomic E-state index is 0.0299. The van der Waals surface area contributed by atoms with E-state index in [-0.39, 0.29) is 17.6 Å². The monoisotopic (exact) mass is 525 g/mol. The van der Waals surface area contributed by atoms with E-state index in [2.05, 4.69) is 30.4 Å². The van der Waals surface area contributed by atoms with E-state index in [0.717, 1.165) is 5.57 Å². The van der Waals surface area contributed by atoms with E-state index in [1.165, 1.54) is 18.7 Å². The number of nitrogens with one attached hydrogen (secondary N) is 1. The first-order valence-electron chi connectivity index (χ1n) is 12.3. The number of amides is 1. The zero-order chi connectivity index (χ0) is 27.1. The number of ether oxygens (including phenoxy) is 1. The molecule has 0 spiro atoms. The summed E-state index contributed by atoms with van der Waals surface area (Å²) in [7, 11) is 0. The maximum atomic E-state index is 15.3. The van der Waals surface area contributed by atoms with Crippen molar-refractivity contribution in [3.8, 4) is 11.5 Å². The first-order valence-corrected chi connectivity index (χ1v) is 12.3. The SMILES string of the molecule is CC(=O)N1CC=C(c2ncc3ncnc(Nc4cc(C)c(Oc5ccn6ncnc6c5)cc4F)c3n2)C[C@@H]1C. The molecule has 0 saturated heterocycles. The van der Waals surface area contributed by atoms with Crippen LogP contribution < -0.4 is 10.1 Å². The van der Waals surface area contributed by atoms with Crippen molar-refractivity contribution >= 4 is 39.7 Å². The molecule has 0 bridgehead atoms. The molecular formula is C27H24FN9O2. The number of halogens is 1. The van der Waals surface area contributed by atoms with Gasteiger partial charge in [0.25, 0.3) is 0 Å². The third-order valence-corrected chi connectivity index (χ3v) is 6.65. The quantitative estimate of drug-likeness (QED) is 0.354. The molecule has 1 aromatic carbocycles. The Kier molecular flexibility index (Phi) is 6.06. The van der Waals surface area contributed by atoms with Gasteiger partial charge < -0.3 is 15.0 Å². The van der Waals surface area contributed by atoms with Crippen LogP contribution in [0.3, 0.4) is 0 Å². The minimum atomic E-state index is -0.520. The summed E-state index contributed by atoms with van der Waals surface area (Å²) < 4.78 is 22.8. The maximum absolute atomic E-state index is 15.3. The summed E-state index contributed by atoms with van der Waals surface area (Å²) in [5.74, 6) is 1.28. The van der Waals surface area contributed by atoms with Crippen LogP contribution in [0.5, 0.6) is 11.5 Å². The Morgan fingerprint density at radius 1 is 1.15 bits per heavy atom. The number of carbonyl (C=O) groups excluding carboxylic acids is 1. The summed E-state index contributed by atoms with van der Waals surface area (Å²) in [5, 5.41) is 7.12. The second-order valence-electron chi connectivity index (χ2n) is 9.35. The number of hydrogen-bond donors (Lipinski definition) is 1. The topological polar surface area (TPSA) is 123 Å². The normalized spacial score (nSPS) is 15.4. The summed E-state index contributed by atoms with van der Waals surface area (Å²) in [6.07, 6.45) is 8.76. The highest BCUT2D eigenvalue weighted by molar-refractivity contribution is 5.87. The Balaban J connectivity index is 1.28. The lowest BCUT2D eigenvalue weighted by atomic mass is 10.0. The summed E-state index contributed by atoms with van der Waals surface area (Å²) in [6.45, 7) is 5.88. The van der Waals surface area contributed by atoms with Crippen LogP contribution in [0, 0.1) is 12.7 Å². The van der Waals surface area contributed by atoms with Crippen LogP contribution in [0.15, 0.2) is 55.4 Å². The lowest BCUT2D eigenvalue weighted by Gasteiger charge is -2.31. The molecule has 0 radical (unpaired) electrons. The molecule has 6 rings (SSSR count). The molecule has 0 unspecified atom stereocenters. The van der Waals surface area contributed by atoms with Crippen LogP contribution >= 0.6 is 0 Å². The number of pyridine rings is 1. The van der Waals surface area contributed by atoms with E-state index in [4.69, 9.17) is 9.72 Å². The number of aryl methyl sites for hydroxylation is 1. The second kappa shape index (κ2) is 9.71. The van der Waals surface area contributed by atoms with Gasteiger partial charge in [-0.25, -0.2) is 33.8 Å². The Labute approximate surface area is 222 Å². The molecule has 5 heterocycles. The van der Waals surface area contributed by atoms with Crippen molar-refractivity contribution in [2.75, 3.05) is 11.9 Å². The molecule has 39 heavy (non-hydrogen) atoms. The molecular weight excluding hydrogens is 501 g/mol. The van der Waals surface area contributed by atoms with Crippen molar-refractivity contribution in [3.05, 3.63) is 72.6 Å². The number of fused-ring (bicyclic) bond motifs is 2. The Morgan fingerprint density at radius 3 is 2.85 bits per heavy atom. The average Bonchev–Trinajstić information content (AvgIpc) is 3.39. The number of rotatable bonds is 5. The van der Waals surface area contributed by atoms with Gasteiger partial charge in [-0.15, -0.1) is 0 Å². The van der Waals surface area contributed by atoms with Gasteiger partial charge in [0.15, 0.2) is 17.3 Å². The van der Waals surface area contributed by atoms with Gasteiger partial charge in [0.1, 0.15) is 41.0 Å². The minimum Gasteiger partial charge on any atom is -0.457 e. The molecule has 1 aliphatic heterocycles. The third-order valence-electron chi connectivity index (χ3n) is 6.65. The van der Waals surface area contributed by atoms with Gasteiger partial charge in [-0.05, 0) is 43.5 Å². The highest BCUT2D eigenvalue weighted by Gasteiger charge is 2.24. The van der Waals surface area contributed by atoms with Crippen molar-refractivity contribution in [3.63, 3.8) is 0 Å². The van der Waals surface area contributed by atoms with Gasteiger partial charge >= 0.3 is 0 Å². The number of nitrogens with zero attached hydrogens (tertiary/aromatic N) is 8. The van der Waals surface area contributed by atoms with Crippen LogP contribution in [-0.4, -0.2) is 57.9 Å². The van der Waals surface area contributed by atoms with Gasteiger partial charge in [0.05, 0.1) is 11.9 Å². The van der Waals surface area contributed by atoms with Gasteiger partial charge in [-0.2, -0.15) is 5.10 Å². The van der Waals surface area contributed by atoms with E-state index in [1.807, 2.05) is 19.9 Å². The number of hydrogen-bond acceptors (Lipinski definition) is 9. The number of aromatic nitrogens is 7. The van der Waals surface area contributed by atoms with E-state index in [1.54, 1.807) is 46.9 Å². The van der Waals surface area contributed by atoms with Crippen LogP contribution in [0.4, 0.5) is 15.9 Å². The second-order valence-corrected chi connectivity index (χ2v) is 9.35. The largest absolute Gasteiger partial charge is 0.457 e. The van der Waals surface area contributed by atoms with Crippen molar-refractivity contribution in [2.45, 2.75) is 33.2 Å². The van der Waals surface area contributed by atoms with Crippen molar-refractivity contribution in [1.82, 2.24) is 39.4 Å². The molecule has 12 heteroatoms. The molecule has 1 amide bonds. The third kappa shape index (κ3) is 4.72. The molecule has 1 aliphatic rings. The van der Waals surface area contributed by atoms with Gasteiger partial charge in [0.2, 0.25) is 5.91 Å². The number of carbonyl (C=O) groups is 1. The van der Waals surface area contributed by atoms with Crippen LogP contribution in [0.25, 0.3) is 22.3 Å². The fourth-order valence-electron chi connectivity index (χ4n) is 4.61. The zero-order valence-corrected chi connectivity index (χ0v) is 21.5. The lowest BCUT2D eigenvalue weighted by Crippen LogP contribution is -2.39. The molecule has 0 fully saturated rings. The predicted octanol–water partition coefficient (Wildman–Crippen LogP) is 4.47. The Bertz CT molecular complexity index is 1770. The first-order chi connectivity index (χ1) is 18.9. The summed E-state index contributed by atoms with van der Waals surface area (Å²) in [6, 6.07) is 6.46. The summed E-state index contributed by atoms with van der Waals surface area (Å²) >= 11 is 0. The molecule has 0 aliphatic carbocycles. The zero-order valence-electron chi connectivity index (χ0n) is 21.5. The first kappa shape index (κ1) is 24.3. The van der Waals surface area contributed by atoms with Gasteiger partial charge in [-0.3, -0.25) is 4.79 Å². The lowest BCUT2D eigenvalue weighted by molar-refractivity contribution is -0.130. The number of benzene rings is 1. The van der Waals surface area contributed by atoms with Crippen LogP contribution in [-0.2, 0) is 4.79 Å². The Hall–Kier alpha value is -5.00. The van der Waals surface area contributed by atoms with Gasteiger partial charge in [-0.1, -0.05) is 6.08 Å². The van der Waals surface area contributed by atoms with Crippen molar-refractivity contribution in [2.24, 2.45) is 0 Å². The summed E-state index contributed by atoms with van der Waals surface area (Å²) in [4.78, 5) is 35.6. The molecule has 0 saturated carbocycles. The van der Waals surface area contributed by atoms with Crippen molar-refractivity contribution < 1.29 is 13.9 Å². The van der Waals surface area contributed by atoms with E-state index in [0.29, 0.717) is 58.4 Å².